The lowest BCUT2D eigenvalue weighted by molar-refractivity contribution is 0.484. The van der Waals surface area contributed by atoms with Crippen LogP contribution in [0.15, 0.2) is 24.3 Å². The van der Waals surface area contributed by atoms with E-state index in [9.17, 15) is 8.42 Å². The van der Waals surface area contributed by atoms with Crippen LogP contribution in [0.4, 0.5) is 5.69 Å². The molecule has 0 radical (unpaired) electrons. The van der Waals surface area contributed by atoms with Crippen molar-refractivity contribution in [2.24, 2.45) is 5.14 Å². The van der Waals surface area contributed by atoms with Gasteiger partial charge in [-0.15, -0.1) is 0 Å². The SMILES string of the molecule is CCc1ccccc1N.NS(=O)(=O)C1CCCCC1. The molecule has 1 fully saturated rings. The molecule has 5 heteroatoms. The normalized spacial score (nSPS) is 16.5. The maximum atomic E-state index is 10.8. The van der Waals surface area contributed by atoms with Gasteiger partial charge in [0, 0.05) is 5.69 Å². The highest BCUT2D eigenvalue weighted by Crippen LogP contribution is 2.21. The molecule has 0 amide bonds. The van der Waals surface area contributed by atoms with Crippen LogP contribution >= 0.6 is 0 Å². The largest absolute Gasteiger partial charge is 0.399 e. The molecule has 0 atom stereocenters. The summed E-state index contributed by atoms with van der Waals surface area (Å²) in [6, 6.07) is 7.94. The van der Waals surface area contributed by atoms with E-state index >= 15 is 0 Å². The van der Waals surface area contributed by atoms with Crippen molar-refractivity contribution in [3.8, 4) is 0 Å². The molecule has 2 rings (SSSR count). The van der Waals surface area contributed by atoms with Crippen LogP contribution in [-0.2, 0) is 16.4 Å². The average Bonchev–Trinajstić information content (AvgIpc) is 2.40. The fourth-order valence-corrected chi connectivity index (χ4v) is 3.24. The Balaban J connectivity index is 0.000000191. The quantitative estimate of drug-likeness (QED) is 0.818. The maximum Gasteiger partial charge on any atom is 0.211 e. The molecule has 0 saturated heterocycles. The molecule has 0 aromatic heterocycles. The van der Waals surface area contributed by atoms with Crippen molar-refractivity contribution < 1.29 is 8.42 Å². The first-order chi connectivity index (χ1) is 8.95. The summed E-state index contributed by atoms with van der Waals surface area (Å²) in [7, 11) is -3.23. The van der Waals surface area contributed by atoms with Gasteiger partial charge in [0.1, 0.15) is 0 Å². The molecular formula is C14H24N2O2S. The summed E-state index contributed by atoms with van der Waals surface area (Å²) in [4.78, 5) is 0. The van der Waals surface area contributed by atoms with Crippen molar-refractivity contribution in [3.63, 3.8) is 0 Å². The predicted octanol–water partition coefficient (Wildman–Crippen LogP) is 2.44. The van der Waals surface area contributed by atoms with Gasteiger partial charge in [-0.2, -0.15) is 0 Å². The Morgan fingerprint density at radius 3 is 2.11 bits per heavy atom. The van der Waals surface area contributed by atoms with Crippen LogP contribution in [0.3, 0.4) is 0 Å². The first kappa shape index (κ1) is 16.0. The number of anilines is 1. The number of para-hydroxylation sites is 1. The van der Waals surface area contributed by atoms with Gasteiger partial charge in [0.15, 0.2) is 0 Å². The summed E-state index contributed by atoms with van der Waals surface area (Å²) in [5.41, 5.74) is 7.77. The van der Waals surface area contributed by atoms with E-state index in [1.807, 2.05) is 18.2 Å². The third-order valence-corrected chi connectivity index (χ3v) is 4.85. The van der Waals surface area contributed by atoms with Gasteiger partial charge in [0.2, 0.25) is 10.0 Å². The first-order valence-electron chi connectivity index (χ1n) is 6.80. The number of aryl methyl sites for hydroxylation is 1. The van der Waals surface area contributed by atoms with Gasteiger partial charge in [0.25, 0.3) is 0 Å². The van der Waals surface area contributed by atoms with Crippen LogP contribution in [0.5, 0.6) is 0 Å². The third-order valence-electron chi connectivity index (χ3n) is 3.45. The average molecular weight is 284 g/mol. The standard InChI is InChI=1S/C8H11N.C6H13NO2S/c1-2-7-5-3-4-6-8(7)9;7-10(8,9)6-4-2-1-3-5-6/h3-6H,2,9H2,1H3;6H,1-5H2,(H2,7,8,9). The van der Waals surface area contributed by atoms with Crippen LogP contribution in [0.1, 0.15) is 44.6 Å². The fourth-order valence-electron chi connectivity index (χ4n) is 2.25. The minimum Gasteiger partial charge on any atom is -0.399 e. The topological polar surface area (TPSA) is 86.2 Å². The van der Waals surface area contributed by atoms with Crippen molar-refractivity contribution >= 4 is 15.7 Å². The van der Waals surface area contributed by atoms with E-state index in [1.165, 1.54) is 5.56 Å². The summed E-state index contributed by atoms with van der Waals surface area (Å²) >= 11 is 0. The summed E-state index contributed by atoms with van der Waals surface area (Å²) in [5.74, 6) is 0. The Morgan fingerprint density at radius 1 is 1.16 bits per heavy atom. The van der Waals surface area contributed by atoms with Gasteiger partial charge in [-0.1, -0.05) is 44.4 Å². The number of benzene rings is 1. The van der Waals surface area contributed by atoms with E-state index in [-0.39, 0.29) is 5.25 Å². The number of hydrogen-bond acceptors (Lipinski definition) is 3. The highest BCUT2D eigenvalue weighted by Gasteiger charge is 2.22. The van der Waals surface area contributed by atoms with Crippen LogP contribution in [0.2, 0.25) is 0 Å². The number of nitrogen functional groups attached to an aromatic ring is 1. The monoisotopic (exact) mass is 284 g/mol. The molecule has 19 heavy (non-hydrogen) atoms. The number of nitrogens with two attached hydrogens (primary N) is 2. The van der Waals surface area contributed by atoms with Crippen LogP contribution in [-0.4, -0.2) is 13.7 Å². The molecule has 1 aromatic rings. The molecule has 1 aliphatic rings. The van der Waals surface area contributed by atoms with Gasteiger partial charge >= 0.3 is 0 Å². The number of primary sulfonamides is 1. The van der Waals surface area contributed by atoms with E-state index in [0.717, 1.165) is 44.2 Å². The Bertz CT molecular complexity index is 480. The second kappa shape index (κ2) is 7.50. The fraction of sp³-hybridized carbons (Fsp3) is 0.571. The van der Waals surface area contributed by atoms with Crippen LogP contribution in [0, 0.1) is 0 Å². The van der Waals surface area contributed by atoms with Gasteiger partial charge < -0.3 is 5.73 Å². The van der Waals surface area contributed by atoms with E-state index in [4.69, 9.17) is 10.9 Å². The highest BCUT2D eigenvalue weighted by molar-refractivity contribution is 7.89. The molecular weight excluding hydrogens is 260 g/mol. The zero-order valence-corrected chi connectivity index (χ0v) is 12.3. The lowest BCUT2D eigenvalue weighted by atomic mass is 10.0. The smallest absolute Gasteiger partial charge is 0.211 e. The Hall–Kier alpha value is -1.07. The summed E-state index contributed by atoms with van der Waals surface area (Å²) in [6.07, 6.45) is 5.73. The van der Waals surface area contributed by atoms with Gasteiger partial charge in [-0.05, 0) is 30.9 Å². The number of rotatable bonds is 2. The molecule has 1 saturated carbocycles. The maximum absolute atomic E-state index is 10.8. The molecule has 0 heterocycles. The summed E-state index contributed by atoms with van der Waals surface area (Å²) in [5, 5.41) is 4.73. The Morgan fingerprint density at radius 2 is 1.74 bits per heavy atom. The van der Waals surface area contributed by atoms with E-state index in [1.54, 1.807) is 0 Å². The van der Waals surface area contributed by atoms with Crippen molar-refractivity contribution in [1.29, 1.82) is 0 Å². The lowest BCUT2D eigenvalue weighted by Crippen LogP contribution is -2.30. The third kappa shape index (κ3) is 5.61. The number of hydrogen-bond donors (Lipinski definition) is 2. The van der Waals surface area contributed by atoms with Crippen molar-refractivity contribution in [3.05, 3.63) is 29.8 Å². The Kier molecular flexibility index (Phi) is 6.31. The number of sulfonamides is 1. The van der Waals surface area contributed by atoms with Crippen molar-refractivity contribution in [2.75, 3.05) is 5.73 Å². The molecule has 108 valence electrons. The first-order valence-corrected chi connectivity index (χ1v) is 8.41. The molecule has 1 aromatic carbocycles. The molecule has 4 N–H and O–H groups in total. The zero-order chi connectivity index (χ0) is 14.3. The van der Waals surface area contributed by atoms with E-state index in [2.05, 4.69) is 13.0 Å². The van der Waals surface area contributed by atoms with E-state index in [0.29, 0.717) is 0 Å². The highest BCUT2D eigenvalue weighted by atomic mass is 32.2. The second-order valence-corrected chi connectivity index (χ2v) is 6.75. The molecule has 0 bridgehead atoms. The van der Waals surface area contributed by atoms with E-state index < -0.39 is 10.0 Å². The zero-order valence-electron chi connectivity index (χ0n) is 11.5. The predicted molar refractivity (Wildman–Crippen MR) is 80.2 cm³/mol. The van der Waals surface area contributed by atoms with Crippen molar-refractivity contribution in [1.82, 2.24) is 0 Å². The Labute approximate surface area is 116 Å². The summed E-state index contributed by atoms with van der Waals surface area (Å²) < 4.78 is 21.5. The van der Waals surface area contributed by atoms with Gasteiger partial charge in [0.05, 0.1) is 5.25 Å². The van der Waals surface area contributed by atoms with Crippen molar-refractivity contribution in [2.45, 2.75) is 50.7 Å². The lowest BCUT2D eigenvalue weighted by Gasteiger charge is -2.18. The minimum atomic E-state index is -3.23. The molecule has 0 unspecified atom stereocenters. The molecule has 1 aliphatic carbocycles. The summed E-state index contributed by atoms with van der Waals surface area (Å²) in [6.45, 7) is 2.10. The van der Waals surface area contributed by atoms with Gasteiger partial charge in [-0.3, -0.25) is 0 Å². The minimum absolute atomic E-state index is 0.249. The molecule has 0 spiro atoms. The molecule has 4 nitrogen and oxygen atoms in total. The molecule has 0 aliphatic heterocycles. The second-order valence-electron chi connectivity index (χ2n) is 4.90. The van der Waals surface area contributed by atoms with Crippen LogP contribution < -0.4 is 10.9 Å². The van der Waals surface area contributed by atoms with Crippen LogP contribution in [0.25, 0.3) is 0 Å². The van der Waals surface area contributed by atoms with Gasteiger partial charge in [-0.25, -0.2) is 13.6 Å².